The summed E-state index contributed by atoms with van der Waals surface area (Å²) in [6.07, 6.45) is 0.633. The number of thioether (sulfide) groups is 1. The fourth-order valence-corrected chi connectivity index (χ4v) is 3.68. The Balaban J connectivity index is 1.67. The average molecular weight is 420 g/mol. The maximum Gasteiger partial charge on any atom is 0.237 e. The number of aryl methyl sites for hydroxylation is 1. The first-order valence-corrected chi connectivity index (χ1v) is 10.3. The van der Waals surface area contributed by atoms with E-state index in [1.54, 1.807) is 18.2 Å². The molecule has 2 amide bonds. The van der Waals surface area contributed by atoms with Crippen LogP contribution in [0.4, 0.5) is 5.69 Å². The fourth-order valence-electron chi connectivity index (χ4n) is 2.80. The molecule has 2 aromatic rings. The second-order valence-corrected chi connectivity index (χ2v) is 8.49. The molecule has 0 radical (unpaired) electrons. The Morgan fingerprint density at radius 1 is 1.24 bits per heavy atom. The van der Waals surface area contributed by atoms with Gasteiger partial charge in [0.25, 0.3) is 0 Å². The standard InChI is InChI=1S/C19H25N5O4S/c1-11(2)9-24-17(7-6-16(20)25)22-23-19(24)29-12(3)18(26)21-13-4-5-14-15(8-13)28-10-27-14/h4-5,8,11-12H,6-7,9-10H2,1-3H3,(H2,20,25)(H,21,26)/t12-/m1/s1. The molecule has 0 aliphatic carbocycles. The first-order valence-electron chi connectivity index (χ1n) is 9.41. The number of nitrogens with two attached hydrogens (primary N) is 1. The molecule has 0 saturated carbocycles. The van der Waals surface area contributed by atoms with Gasteiger partial charge in [-0.05, 0) is 25.0 Å². The van der Waals surface area contributed by atoms with Gasteiger partial charge in [-0.15, -0.1) is 10.2 Å². The Hall–Kier alpha value is -2.75. The SMILES string of the molecule is CC(C)Cn1c(CCC(N)=O)nnc1S[C@H](C)C(=O)Nc1ccc2c(c1)OCO2. The van der Waals surface area contributed by atoms with E-state index in [0.29, 0.717) is 47.1 Å². The van der Waals surface area contributed by atoms with Gasteiger partial charge in [0.05, 0.1) is 5.25 Å². The zero-order valence-electron chi connectivity index (χ0n) is 16.7. The number of hydrogen-bond acceptors (Lipinski definition) is 7. The highest BCUT2D eigenvalue weighted by molar-refractivity contribution is 8.00. The summed E-state index contributed by atoms with van der Waals surface area (Å²) in [5.41, 5.74) is 5.89. The van der Waals surface area contributed by atoms with E-state index in [1.165, 1.54) is 11.8 Å². The summed E-state index contributed by atoms with van der Waals surface area (Å²) in [6, 6.07) is 5.27. The number of amides is 2. The molecule has 0 spiro atoms. The molecule has 156 valence electrons. The smallest absolute Gasteiger partial charge is 0.237 e. The van der Waals surface area contributed by atoms with Crippen LogP contribution in [0.2, 0.25) is 0 Å². The van der Waals surface area contributed by atoms with E-state index in [2.05, 4.69) is 29.4 Å². The molecule has 1 aliphatic rings. The first kappa shape index (κ1) is 21.0. The molecule has 1 aliphatic heterocycles. The van der Waals surface area contributed by atoms with Crippen LogP contribution < -0.4 is 20.5 Å². The van der Waals surface area contributed by atoms with Crippen molar-refractivity contribution in [3.8, 4) is 11.5 Å². The van der Waals surface area contributed by atoms with Gasteiger partial charge >= 0.3 is 0 Å². The lowest BCUT2D eigenvalue weighted by atomic mass is 10.2. The minimum absolute atomic E-state index is 0.161. The lowest BCUT2D eigenvalue weighted by molar-refractivity contribution is -0.118. The number of carbonyl (C=O) groups is 2. The second kappa shape index (κ2) is 9.17. The number of hydrogen-bond donors (Lipinski definition) is 2. The molecule has 3 rings (SSSR count). The third-order valence-electron chi connectivity index (χ3n) is 4.23. The fraction of sp³-hybridized carbons (Fsp3) is 0.474. The molecule has 10 heteroatoms. The molecular formula is C19H25N5O4S. The van der Waals surface area contributed by atoms with Crippen LogP contribution in [0.3, 0.4) is 0 Å². The number of ether oxygens (including phenoxy) is 2. The van der Waals surface area contributed by atoms with E-state index in [-0.39, 0.29) is 25.0 Å². The highest BCUT2D eigenvalue weighted by Crippen LogP contribution is 2.34. The molecule has 9 nitrogen and oxygen atoms in total. The molecule has 3 N–H and O–H groups in total. The van der Waals surface area contributed by atoms with Crippen molar-refractivity contribution in [1.29, 1.82) is 0 Å². The number of benzene rings is 1. The van der Waals surface area contributed by atoms with E-state index < -0.39 is 5.25 Å². The van der Waals surface area contributed by atoms with Crippen molar-refractivity contribution in [1.82, 2.24) is 14.8 Å². The Morgan fingerprint density at radius 2 is 2.00 bits per heavy atom. The van der Waals surface area contributed by atoms with Crippen LogP contribution in [0.1, 0.15) is 33.0 Å². The lowest BCUT2D eigenvalue weighted by Crippen LogP contribution is -2.23. The molecular weight excluding hydrogens is 394 g/mol. The third-order valence-corrected chi connectivity index (χ3v) is 5.31. The zero-order valence-corrected chi connectivity index (χ0v) is 17.5. The summed E-state index contributed by atoms with van der Waals surface area (Å²) < 4.78 is 12.6. The van der Waals surface area contributed by atoms with Crippen molar-refractivity contribution in [2.45, 2.75) is 50.6 Å². The molecule has 1 atom stereocenters. The maximum absolute atomic E-state index is 12.6. The molecule has 0 fully saturated rings. The number of fused-ring (bicyclic) bond motifs is 1. The van der Waals surface area contributed by atoms with Crippen molar-refractivity contribution in [2.75, 3.05) is 12.1 Å². The summed E-state index contributed by atoms with van der Waals surface area (Å²) in [6.45, 7) is 6.86. The Kier molecular flexibility index (Phi) is 6.63. The molecule has 0 saturated heterocycles. The number of carbonyl (C=O) groups excluding carboxylic acids is 2. The van der Waals surface area contributed by atoms with Crippen molar-refractivity contribution in [2.24, 2.45) is 11.7 Å². The van der Waals surface area contributed by atoms with Crippen LogP contribution >= 0.6 is 11.8 Å². The summed E-state index contributed by atoms with van der Waals surface area (Å²) in [7, 11) is 0. The monoisotopic (exact) mass is 419 g/mol. The molecule has 1 aromatic carbocycles. The van der Waals surface area contributed by atoms with Gasteiger partial charge < -0.3 is 25.1 Å². The van der Waals surface area contributed by atoms with Crippen LogP contribution in [-0.2, 0) is 22.6 Å². The zero-order chi connectivity index (χ0) is 21.0. The topological polar surface area (TPSA) is 121 Å². The van der Waals surface area contributed by atoms with Gasteiger partial charge in [0.1, 0.15) is 5.82 Å². The number of anilines is 1. The number of aromatic nitrogens is 3. The normalized spacial score (nSPS) is 13.5. The summed E-state index contributed by atoms with van der Waals surface area (Å²) in [4.78, 5) is 23.8. The van der Waals surface area contributed by atoms with Crippen LogP contribution in [0.15, 0.2) is 23.4 Å². The average Bonchev–Trinajstić information content (AvgIpc) is 3.26. The Bertz CT molecular complexity index is 899. The van der Waals surface area contributed by atoms with Gasteiger partial charge in [-0.1, -0.05) is 25.6 Å². The van der Waals surface area contributed by atoms with Crippen LogP contribution in [0.25, 0.3) is 0 Å². The molecule has 0 unspecified atom stereocenters. The van der Waals surface area contributed by atoms with Crippen molar-refractivity contribution >= 4 is 29.3 Å². The summed E-state index contributed by atoms with van der Waals surface area (Å²) in [5.74, 6) is 1.79. The quantitative estimate of drug-likeness (QED) is 0.598. The van der Waals surface area contributed by atoms with E-state index in [4.69, 9.17) is 15.2 Å². The predicted molar refractivity (Wildman–Crippen MR) is 109 cm³/mol. The highest BCUT2D eigenvalue weighted by Gasteiger charge is 2.22. The van der Waals surface area contributed by atoms with Gasteiger partial charge in [-0.25, -0.2) is 0 Å². The van der Waals surface area contributed by atoms with Crippen LogP contribution in [0, 0.1) is 5.92 Å². The second-order valence-electron chi connectivity index (χ2n) is 7.19. The minimum atomic E-state index is -0.403. The minimum Gasteiger partial charge on any atom is -0.454 e. The largest absolute Gasteiger partial charge is 0.454 e. The molecule has 1 aromatic heterocycles. The lowest BCUT2D eigenvalue weighted by Gasteiger charge is -2.15. The number of nitrogens with zero attached hydrogens (tertiary/aromatic N) is 3. The van der Waals surface area contributed by atoms with E-state index in [9.17, 15) is 9.59 Å². The highest BCUT2D eigenvalue weighted by atomic mass is 32.2. The number of primary amides is 1. The van der Waals surface area contributed by atoms with Crippen molar-refractivity contribution in [3.05, 3.63) is 24.0 Å². The third kappa shape index (κ3) is 5.41. The first-order chi connectivity index (χ1) is 13.8. The van der Waals surface area contributed by atoms with Crippen LogP contribution in [-0.4, -0.2) is 38.6 Å². The summed E-state index contributed by atoms with van der Waals surface area (Å²) in [5, 5.41) is 11.6. The molecule has 29 heavy (non-hydrogen) atoms. The van der Waals surface area contributed by atoms with Gasteiger partial charge in [-0.2, -0.15) is 0 Å². The summed E-state index contributed by atoms with van der Waals surface area (Å²) >= 11 is 1.33. The Morgan fingerprint density at radius 3 is 2.72 bits per heavy atom. The van der Waals surface area contributed by atoms with E-state index in [0.717, 1.165) is 0 Å². The van der Waals surface area contributed by atoms with Gasteiger partial charge in [0.15, 0.2) is 16.7 Å². The van der Waals surface area contributed by atoms with Gasteiger partial charge in [0, 0.05) is 31.1 Å². The van der Waals surface area contributed by atoms with Gasteiger partial charge in [0.2, 0.25) is 18.6 Å². The van der Waals surface area contributed by atoms with Crippen molar-refractivity contribution < 1.29 is 19.1 Å². The maximum atomic E-state index is 12.6. The van der Waals surface area contributed by atoms with E-state index in [1.807, 2.05) is 11.5 Å². The van der Waals surface area contributed by atoms with Gasteiger partial charge in [-0.3, -0.25) is 9.59 Å². The number of nitrogens with one attached hydrogen (secondary N) is 1. The Labute approximate surface area is 173 Å². The molecule has 0 bridgehead atoms. The molecule has 2 heterocycles. The van der Waals surface area contributed by atoms with Crippen molar-refractivity contribution in [3.63, 3.8) is 0 Å². The van der Waals surface area contributed by atoms with Crippen LogP contribution in [0.5, 0.6) is 11.5 Å². The number of rotatable bonds is 9. The predicted octanol–water partition coefficient (Wildman–Crippen LogP) is 2.20. The van der Waals surface area contributed by atoms with E-state index >= 15 is 0 Å².